The van der Waals surface area contributed by atoms with Gasteiger partial charge in [-0.15, -0.1) is 10.2 Å². The summed E-state index contributed by atoms with van der Waals surface area (Å²) >= 11 is 4.63. The highest BCUT2D eigenvalue weighted by atomic mass is 79.9. The lowest BCUT2D eigenvalue weighted by atomic mass is 10.2. The van der Waals surface area contributed by atoms with Crippen LogP contribution >= 0.6 is 27.7 Å². The van der Waals surface area contributed by atoms with Gasteiger partial charge in [-0.1, -0.05) is 64.1 Å². The molecule has 0 aliphatic heterocycles. The van der Waals surface area contributed by atoms with Crippen LogP contribution in [0.3, 0.4) is 0 Å². The topological polar surface area (TPSA) is 114 Å². The highest BCUT2D eigenvalue weighted by Crippen LogP contribution is 2.32. The molecule has 1 heterocycles. The fourth-order valence-corrected chi connectivity index (χ4v) is 4.72. The maximum absolute atomic E-state index is 12.8. The molecule has 0 spiro atoms. The minimum atomic E-state index is -0.524. The highest BCUT2D eigenvalue weighted by molar-refractivity contribution is 9.10. The van der Waals surface area contributed by atoms with Gasteiger partial charge in [0, 0.05) is 21.4 Å². The number of hydrogen-bond donors (Lipinski definition) is 3. The fraction of sp³-hybridized carbons (Fsp3) is 0.154. The van der Waals surface area contributed by atoms with Crippen molar-refractivity contribution < 1.29 is 14.6 Å². The van der Waals surface area contributed by atoms with Gasteiger partial charge in [0.25, 0.3) is 5.91 Å². The van der Waals surface area contributed by atoms with Crippen LogP contribution in [0.4, 0.5) is 5.69 Å². The van der Waals surface area contributed by atoms with Crippen molar-refractivity contribution in [3.63, 3.8) is 0 Å². The SMILES string of the molecule is COc1cc(Br)cc(/C=N/NC(=O)C(C)Sc2nnc(CNc3ccccc3)n2-c2ccccc2)c1O. The van der Waals surface area contributed by atoms with E-state index in [-0.39, 0.29) is 11.7 Å². The first-order valence-corrected chi connectivity index (χ1v) is 13.0. The average molecular weight is 581 g/mol. The minimum absolute atomic E-state index is 0.0706. The van der Waals surface area contributed by atoms with Crippen LogP contribution in [0, 0.1) is 0 Å². The van der Waals surface area contributed by atoms with E-state index in [9.17, 15) is 9.90 Å². The second-order valence-electron chi connectivity index (χ2n) is 7.83. The van der Waals surface area contributed by atoms with E-state index in [4.69, 9.17) is 4.74 Å². The van der Waals surface area contributed by atoms with E-state index in [0.717, 1.165) is 11.4 Å². The van der Waals surface area contributed by atoms with E-state index in [1.165, 1.54) is 25.1 Å². The molecule has 0 saturated heterocycles. The lowest BCUT2D eigenvalue weighted by Gasteiger charge is -2.13. The van der Waals surface area contributed by atoms with E-state index in [2.05, 4.69) is 42.0 Å². The first kappa shape index (κ1) is 26.2. The fourth-order valence-electron chi connectivity index (χ4n) is 3.38. The number of benzene rings is 3. The van der Waals surface area contributed by atoms with E-state index in [0.29, 0.717) is 33.3 Å². The first-order valence-electron chi connectivity index (χ1n) is 11.3. The number of aromatic nitrogens is 3. The molecule has 3 N–H and O–H groups in total. The predicted molar refractivity (Wildman–Crippen MR) is 149 cm³/mol. The van der Waals surface area contributed by atoms with Crippen molar-refractivity contribution >= 4 is 45.5 Å². The summed E-state index contributed by atoms with van der Waals surface area (Å²) in [5, 5.41) is 26.4. The molecule has 0 bridgehead atoms. The summed E-state index contributed by atoms with van der Waals surface area (Å²) in [6.07, 6.45) is 1.36. The Bertz CT molecular complexity index is 1380. The molecule has 37 heavy (non-hydrogen) atoms. The van der Waals surface area contributed by atoms with Crippen LogP contribution in [0.15, 0.2) is 87.5 Å². The largest absolute Gasteiger partial charge is 0.504 e. The van der Waals surface area contributed by atoms with Gasteiger partial charge in [-0.2, -0.15) is 5.10 Å². The zero-order valence-electron chi connectivity index (χ0n) is 20.1. The van der Waals surface area contributed by atoms with Crippen molar-refractivity contribution in [3.05, 3.63) is 88.7 Å². The Labute approximate surface area is 227 Å². The molecule has 3 aromatic carbocycles. The molecule has 190 valence electrons. The number of para-hydroxylation sites is 2. The summed E-state index contributed by atoms with van der Waals surface area (Å²) < 4.78 is 7.77. The van der Waals surface area contributed by atoms with Crippen molar-refractivity contribution in [1.29, 1.82) is 0 Å². The standard InChI is InChI=1S/C26H25BrN6O3S/c1-17(25(35)31-29-15-18-13-19(27)14-22(36-2)24(18)34)37-26-32-30-23(16-28-20-9-5-3-6-10-20)33(26)21-11-7-4-8-12-21/h3-15,17,28,34H,16H2,1-2H3,(H,31,35)/b29-15+. The van der Waals surface area contributed by atoms with Gasteiger partial charge in [-0.3, -0.25) is 9.36 Å². The third-order valence-electron chi connectivity index (χ3n) is 5.26. The van der Waals surface area contributed by atoms with Crippen LogP contribution in [-0.2, 0) is 11.3 Å². The Morgan fingerprint density at radius 1 is 1.16 bits per heavy atom. The van der Waals surface area contributed by atoms with Gasteiger partial charge in [0.05, 0.1) is 25.1 Å². The number of phenols is 1. The van der Waals surface area contributed by atoms with Crippen molar-refractivity contribution in [2.45, 2.75) is 23.9 Å². The molecule has 0 radical (unpaired) electrons. The number of nitrogens with zero attached hydrogens (tertiary/aromatic N) is 4. The molecule has 1 atom stereocenters. The number of ether oxygens (including phenoxy) is 1. The Kier molecular flexibility index (Phi) is 8.81. The molecular weight excluding hydrogens is 556 g/mol. The Morgan fingerprint density at radius 3 is 2.57 bits per heavy atom. The highest BCUT2D eigenvalue weighted by Gasteiger charge is 2.21. The molecule has 0 fully saturated rings. The molecule has 4 rings (SSSR count). The third kappa shape index (κ3) is 6.69. The molecule has 0 saturated carbocycles. The van der Waals surface area contributed by atoms with Crippen LogP contribution < -0.4 is 15.5 Å². The van der Waals surface area contributed by atoms with Gasteiger partial charge >= 0.3 is 0 Å². The van der Waals surface area contributed by atoms with Crippen molar-refractivity contribution in [2.24, 2.45) is 5.10 Å². The van der Waals surface area contributed by atoms with E-state index < -0.39 is 5.25 Å². The lowest BCUT2D eigenvalue weighted by molar-refractivity contribution is -0.120. The minimum Gasteiger partial charge on any atom is -0.504 e. The average Bonchev–Trinajstić information content (AvgIpc) is 3.32. The van der Waals surface area contributed by atoms with Crippen molar-refractivity contribution in [3.8, 4) is 17.2 Å². The zero-order chi connectivity index (χ0) is 26.2. The number of hydrazone groups is 1. The second-order valence-corrected chi connectivity index (χ2v) is 10.1. The summed E-state index contributed by atoms with van der Waals surface area (Å²) in [7, 11) is 1.46. The number of aromatic hydroxyl groups is 1. The lowest BCUT2D eigenvalue weighted by Crippen LogP contribution is -2.27. The van der Waals surface area contributed by atoms with Gasteiger partial charge in [-0.25, -0.2) is 5.43 Å². The quantitative estimate of drug-likeness (QED) is 0.137. The van der Waals surface area contributed by atoms with Gasteiger partial charge in [0.2, 0.25) is 0 Å². The van der Waals surface area contributed by atoms with Gasteiger partial charge in [-0.05, 0) is 43.3 Å². The summed E-state index contributed by atoms with van der Waals surface area (Å²) in [4.78, 5) is 12.8. The molecule has 4 aromatic rings. The molecule has 1 unspecified atom stereocenters. The summed E-state index contributed by atoms with van der Waals surface area (Å²) in [6.45, 7) is 2.22. The Balaban J connectivity index is 1.47. The van der Waals surface area contributed by atoms with Gasteiger partial charge < -0.3 is 15.2 Å². The normalized spacial score (nSPS) is 11.9. The maximum atomic E-state index is 12.8. The van der Waals surface area contributed by atoms with Crippen LogP contribution in [0.25, 0.3) is 5.69 Å². The third-order valence-corrected chi connectivity index (χ3v) is 6.76. The number of methoxy groups -OCH3 is 1. The molecule has 11 heteroatoms. The number of hydrogen-bond acceptors (Lipinski definition) is 8. The number of carbonyl (C=O) groups is 1. The molecule has 1 amide bonds. The number of carbonyl (C=O) groups excluding carboxylic acids is 1. The molecule has 1 aromatic heterocycles. The van der Waals surface area contributed by atoms with Gasteiger partial charge in [0.15, 0.2) is 22.5 Å². The molecular formula is C26H25BrN6O3S. The number of amides is 1. The number of anilines is 1. The van der Waals surface area contributed by atoms with E-state index in [1.54, 1.807) is 19.1 Å². The summed E-state index contributed by atoms with van der Waals surface area (Å²) in [5.41, 5.74) is 4.78. The molecule has 9 nitrogen and oxygen atoms in total. The van der Waals surface area contributed by atoms with Crippen LogP contribution in [-0.4, -0.2) is 44.4 Å². The van der Waals surface area contributed by atoms with E-state index in [1.807, 2.05) is 65.2 Å². The van der Waals surface area contributed by atoms with Crippen LogP contribution in [0.2, 0.25) is 0 Å². The number of thioether (sulfide) groups is 1. The number of rotatable bonds is 10. The van der Waals surface area contributed by atoms with Crippen LogP contribution in [0.5, 0.6) is 11.5 Å². The molecule has 0 aliphatic carbocycles. The predicted octanol–water partition coefficient (Wildman–Crippen LogP) is 4.99. The summed E-state index contributed by atoms with van der Waals surface area (Å²) in [6, 6.07) is 22.9. The van der Waals surface area contributed by atoms with Gasteiger partial charge in [0.1, 0.15) is 0 Å². The van der Waals surface area contributed by atoms with E-state index >= 15 is 0 Å². The smallest absolute Gasteiger partial charge is 0.253 e. The zero-order valence-corrected chi connectivity index (χ0v) is 22.5. The second kappa shape index (κ2) is 12.4. The Hall–Kier alpha value is -3.83. The summed E-state index contributed by atoms with van der Waals surface area (Å²) in [5.74, 6) is 0.610. The monoisotopic (exact) mass is 580 g/mol. The van der Waals surface area contributed by atoms with Crippen molar-refractivity contribution in [2.75, 3.05) is 12.4 Å². The Morgan fingerprint density at radius 2 is 1.86 bits per heavy atom. The number of nitrogens with one attached hydrogen (secondary N) is 2. The first-order chi connectivity index (χ1) is 18.0. The van der Waals surface area contributed by atoms with Crippen LogP contribution in [0.1, 0.15) is 18.3 Å². The number of halogens is 1. The maximum Gasteiger partial charge on any atom is 0.253 e. The van der Waals surface area contributed by atoms with Crippen molar-refractivity contribution in [1.82, 2.24) is 20.2 Å². The number of phenolic OH excluding ortho intramolecular Hbond substituents is 1. The molecule has 0 aliphatic rings.